The molecule has 0 bridgehead atoms. The molecule has 0 radical (unpaired) electrons. The Morgan fingerprint density at radius 1 is 1.75 bits per heavy atom. The molecule has 0 amide bonds. The van der Waals surface area contributed by atoms with Gasteiger partial charge in [0.15, 0.2) is 0 Å². The maximum absolute atomic E-state index is 5.42. The Balaban J connectivity index is 3.02. The summed E-state index contributed by atoms with van der Waals surface area (Å²) < 4.78 is 0. The monoisotopic (exact) mass is 111 g/mol. The van der Waals surface area contributed by atoms with Crippen LogP contribution in [0.15, 0.2) is 0 Å². The first-order valence-corrected chi connectivity index (χ1v) is 3.03. The predicted octanol–water partition coefficient (Wildman–Crippen LogP) is 1.14. The normalized spacial score (nSPS) is 12.6. The van der Waals surface area contributed by atoms with Crippen molar-refractivity contribution in [3.63, 3.8) is 0 Å². The first kappa shape index (κ1) is 7.52. The summed E-state index contributed by atoms with van der Waals surface area (Å²) in [7, 11) is 0. The van der Waals surface area contributed by atoms with Crippen molar-refractivity contribution in [2.45, 2.75) is 32.2 Å². The molecule has 0 heterocycles. The van der Waals surface area contributed by atoms with Crippen molar-refractivity contribution in [3.05, 3.63) is 0 Å². The summed E-state index contributed by atoms with van der Waals surface area (Å²) in [5, 5.41) is 0. The summed E-state index contributed by atoms with van der Waals surface area (Å²) in [4.78, 5) is 0. The maximum Gasteiger partial charge on any atom is 0.0661 e. The van der Waals surface area contributed by atoms with Gasteiger partial charge in [-0.15, -0.1) is 6.42 Å². The topological polar surface area (TPSA) is 26.0 Å². The minimum absolute atomic E-state index is 0.0186. The van der Waals surface area contributed by atoms with Crippen molar-refractivity contribution in [1.82, 2.24) is 0 Å². The van der Waals surface area contributed by atoms with Gasteiger partial charge in [-0.1, -0.05) is 25.7 Å². The molecule has 0 aliphatic carbocycles. The average molecular weight is 111 g/mol. The van der Waals surface area contributed by atoms with Crippen molar-refractivity contribution in [2.75, 3.05) is 0 Å². The van der Waals surface area contributed by atoms with Crippen LogP contribution in [0.5, 0.6) is 0 Å². The second kappa shape index (κ2) is 4.67. The van der Waals surface area contributed by atoms with Gasteiger partial charge >= 0.3 is 0 Å². The third-order valence-corrected chi connectivity index (χ3v) is 1.08. The number of terminal acetylenes is 1. The minimum Gasteiger partial charge on any atom is -0.318 e. The lowest BCUT2D eigenvalue weighted by molar-refractivity contribution is 0.667. The molecule has 8 heavy (non-hydrogen) atoms. The van der Waals surface area contributed by atoms with Gasteiger partial charge in [-0.3, -0.25) is 0 Å². The fraction of sp³-hybridized carbons (Fsp3) is 0.714. The van der Waals surface area contributed by atoms with Crippen LogP contribution in [0.2, 0.25) is 0 Å². The molecular weight excluding hydrogens is 98.1 g/mol. The Morgan fingerprint density at radius 2 is 2.38 bits per heavy atom. The fourth-order valence-electron chi connectivity index (χ4n) is 0.507. The molecule has 46 valence electrons. The van der Waals surface area contributed by atoms with Crippen molar-refractivity contribution < 1.29 is 0 Å². The highest BCUT2D eigenvalue weighted by molar-refractivity contribution is 4.95. The Hall–Kier alpha value is -0.480. The van der Waals surface area contributed by atoms with E-state index in [-0.39, 0.29) is 6.04 Å². The molecule has 1 heteroatoms. The quantitative estimate of drug-likeness (QED) is 0.543. The molecule has 0 saturated heterocycles. The van der Waals surface area contributed by atoms with Crippen LogP contribution in [-0.4, -0.2) is 6.04 Å². The van der Waals surface area contributed by atoms with E-state index in [4.69, 9.17) is 12.2 Å². The molecule has 1 atom stereocenters. The molecule has 0 spiro atoms. The van der Waals surface area contributed by atoms with Crippen LogP contribution in [0.1, 0.15) is 26.2 Å². The zero-order valence-corrected chi connectivity index (χ0v) is 5.35. The van der Waals surface area contributed by atoms with Gasteiger partial charge in [-0.05, 0) is 6.42 Å². The Morgan fingerprint density at radius 3 is 2.75 bits per heavy atom. The number of rotatable bonds is 3. The molecule has 0 aromatic carbocycles. The Bertz CT molecular complexity index is 80.9. The summed E-state index contributed by atoms with van der Waals surface area (Å²) in [6.07, 6.45) is 8.32. The summed E-state index contributed by atoms with van der Waals surface area (Å²) in [5.74, 6) is 2.48. The molecule has 0 rings (SSSR count). The van der Waals surface area contributed by atoms with Crippen LogP contribution >= 0.6 is 0 Å². The number of nitrogens with two attached hydrogens (primary N) is 1. The van der Waals surface area contributed by atoms with Crippen molar-refractivity contribution in [3.8, 4) is 12.3 Å². The van der Waals surface area contributed by atoms with Gasteiger partial charge in [0.25, 0.3) is 0 Å². The van der Waals surface area contributed by atoms with Crippen LogP contribution in [0, 0.1) is 12.3 Å². The van der Waals surface area contributed by atoms with Gasteiger partial charge < -0.3 is 5.73 Å². The molecule has 0 fully saturated rings. The van der Waals surface area contributed by atoms with Crippen LogP contribution in [0.3, 0.4) is 0 Å². The summed E-state index contributed by atoms with van der Waals surface area (Å²) in [5.41, 5.74) is 5.42. The highest BCUT2D eigenvalue weighted by Crippen LogP contribution is 1.95. The third kappa shape index (κ3) is 3.70. The lowest BCUT2D eigenvalue weighted by Crippen LogP contribution is -2.16. The molecule has 0 aliphatic rings. The molecule has 0 unspecified atom stereocenters. The van der Waals surface area contributed by atoms with Gasteiger partial charge in [-0.25, -0.2) is 0 Å². The van der Waals surface area contributed by atoms with E-state index in [1.807, 2.05) is 0 Å². The smallest absolute Gasteiger partial charge is 0.0661 e. The molecule has 0 aliphatic heterocycles. The molecule has 1 nitrogen and oxygen atoms in total. The van der Waals surface area contributed by atoms with E-state index in [2.05, 4.69) is 12.8 Å². The standard InChI is InChI=1S/C7H13N/c1-3-5-6-7(8)4-2/h2,7H,3,5-6,8H2,1H3/t7-/m0/s1. The van der Waals surface area contributed by atoms with Crippen LogP contribution in [0.25, 0.3) is 0 Å². The molecule has 2 N–H and O–H groups in total. The zero-order chi connectivity index (χ0) is 6.41. The van der Waals surface area contributed by atoms with Crippen LogP contribution < -0.4 is 5.73 Å². The van der Waals surface area contributed by atoms with Crippen molar-refractivity contribution >= 4 is 0 Å². The molecular formula is C7H13N. The summed E-state index contributed by atoms with van der Waals surface area (Å²) >= 11 is 0. The van der Waals surface area contributed by atoms with E-state index in [0.717, 1.165) is 12.8 Å². The summed E-state index contributed by atoms with van der Waals surface area (Å²) in [6, 6.07) is -0.0186. The fourth-order valence-corrected chi connectivity index (χ4v) is 0.507. The second-order valence-corrected chi connectivity index (χ2v) is 1.92. The summed E-state index contributed by atoms with van der Waals surface area (Å²) in [6.45, 7) is 2.13. The Labute approximate surface area is 51.3 Å². The largest absolute Gasteiger partial charge is 0.318 e. The lowest BCUT2D eigenvalue weighted by Gasteiger charge is -1.99. The first-order chi connectivity index (χ1) is 3.81. The van der Waals surface area contributed by atoms with Gasteiger partial charge in [-0.2, -0.15) is 0 Å². The Kier molecular flexibility index (Phi) is 4.39. The molecule has 0 aromatic rings. The average Bonchev–Trinajstić information content (AvgIpc) is 1.83. The van der Waals surface area contributed by atoms with E-state index >= 15 is 0 Å². The van der Waals surface area contributed by atoms with Gasteiger partial charge in [0, 0.05) is 0 Å². The number of hydrogen-bond acceptors (Lipinski definition) is 1. The van der Waals surface area contributed by atoms with Gasteiger partial charge in [0.05, 0.1) is 6.04 Å². The zero-order valence-electron chi connectivity index (χ0n) is 5.35. The van der Waals surface area contributed by atoms with E-state index in [1.165, 1.54) is 6.42 Å². The van der Waals surface area contributed by atoms with E-state index < -0.39 is 0 Å². The van der Waals surface area contributed by atoms with Crippen molar-refractivity contribution in [2.24, 2.45) is 5.73 Å². The van der Waals surface area contributed by atoms with Crippen LogP contribution in [-0.2, 0) is 0 Å². The van der Waals surface area contributed by atoms with Gasteiger partial charge in [0.2, 0.25) is 0 Å². The van der Waals surface area contributed by atoms with E-state index in [0.29, 0.717) is 0 Å². The second-order valence-electron chi connectivity index (χ2n) is 1.92. The predicted molar refractivity (Wildman–Crippen MR) is 36.3 cm³/mol. The SMILES string of the molecule is C#C[C@H](N)CCCC. The molecule has 0 saturated carbocycles. The lowest BCUT2D eigenvalue weighted by atomic mass is 10.1. The number of hydrogen-bond donors (Lipinski definition) is 1. The highest BCUT2D eigenvalue weighted by atomic mass is 14.6. The van der Waals surface area contributed by atoms with Crippen LogP contribution in [0.4, 0.5) is 0 Å². The van der Waals surface area contributed by atoms with E-state index in [9.17, 15) is 0 Å². The van der Waals surface area contributed by atoms with E-state index in [1.54, 1.807) is 0 Å². The highest BCUT2D eigenvalue weighted by Gasteiger charge is 1.92. The molecule has 0 aromatic heterocycles. The first-order valence-electron chi connectivity index (χ1n) is 3.03. The van der Waals surface area contributed by atoms with Crippen molar-refractivity contribution in [1.29, 1.82) is 0 Å². The number of unbranched alkanes of at least 4 members (excludes halogenated alkanes) is 1. The third-order valence-electron chi connectivity index (χ3n) is 1.08. The van der Waals surface area contributed by atoms with Gasteiger partial charge in [0.1, 0.15) is 0 Å². The maximum atomic E-state index is 5.42. The minimum atomic E-state index is -0.0186.